The summed E-state index contributed by atoms with van der Waals surface area (Å²) < 4.78 is 28.9. The van der Waals surface area contributed by atoms with Crippen molar-refractivity contribution >= 4 is 0 Å². The third-order valence-corrected chi connectivity index (χ3v) is 2.42. The number of halogens is 2. The molecule has 2 aromatic rings. The first-order valence-electron chi connectivity index (χ1n) is 5.39. The SMILES string of the molecule is CCNCc1cc(F)c(-n2ccnc2)c(F)c1. The molecule has 17 heavy (non-hydrogen) atoms. The van der Waals surface area contributed by atoms with Crippen LogP contribution in [0.1, 0.15) is 12.5 Å². The van der Waals surface area contributed by atoms with Crippen LogP contribution in [0.15, 0.2) is 30.9 Å². The molecule has 0 saturated heterocycles. The molecule has 1 aromatic heterocycles. The van der Waals surface area contributed by atoms with Crippen molar-refractivity contribution in [2.45, 2.75) is 13.5 Å². The van der Waals surface area contributed by atoms with Gasteiger partial charge in [-0.3, -0.25) is 0 Å². The lowest BCUT2D eigenvalue weighted by Gasteiger charge is -2.09. The zero-order valence-corrected chi connectivity index (χ0v) is 9.45. The van der Waals surface area contributed by atoms with Gasteiger partial charge in [-0.15, -0.1) is 0 Å². The van der Waals surface area contributed by atoms with Crippen molar-refractivity contribution in [3.8, 4) is 5.69 Å². The molecule has 1 N–H and O–H groups in total. The van der Waals surface area contributed by atoms with Crippen LogP contribution in [0.25, 0.3) is 5.69 Å². The van der Waals surface area contributed by atoms with Gasteiger partial charge in [0.15, 0.2) is 11.6 Å². The third kappa shape index (κ3) is 2.50. The number of hydrogen-bond donors (Lipinski definition) is 1. The summed E-state index contributed by atoms with van der Waals surface area (Å²) in [5.41, 5.74) is 0.494. The Morgan fingerprint density at radius 2 is 2.00 bits per heavy atom. The third-order valence-electron chi connectivity index (χ3n) is 2.42. The van der Waals surface area contributed by atoms with E-state index in [0.29, 0.717) is 12.1 Å². The highest BCUT2D eigenvalue weighted by Gasteiger charge is 2.12. The second-order valence-electron chi connectivity index (χ2n) is 3.66. The van der Waals surface area contributed by atoms with Crippen LogP contribution in [0.2, 0.25) is 0 Å². The van der Waals surface area contributed by atoms with Gasteiger partial charge in [0.1, 0.15) is 5.69 Å². The number of benzene rings is 1. The fourth-order valence-corrected chi connectivity index (χ4v) is 1.63. The molecule has 0 amide bonds. The van der Waals surface area contributed by atoms with Crippen LogP contribution in [-0.2, 0) is 6.54 Å². The van der Waals surface area contributed by atoms with Gasteiger partial charge < -0.3 is 9.88 Å². The van der Waals surface area contributed by atoms with Gasteiger partial charge in [0.2, 0.25) is 0 Å². The van der Waals surface area contributed by atoms with Crippen molar-refractivity contribution < 1.29 is 8.78 Å². The van der Waals surface area contributed by atoms with Crippen molar-refractivity contribution in [2.75, 3.05) is 6.54 Å². The van der Waals surface area contributed by atoms with Gasteiger partial charge >= 0.3 is 0 Å². The molecule has 0 spiro atoms. The second kappa shape index (κ2) is 5.05. The molecule has 90 valence electrons. The van der Waals surface area contributed by atoms with E-state index in [9.17, 15) is 8.78 Å². The van der Waals surface area contributed by atoms with Crippen molar-refractivity contribution in [1.29, 1.82) is 0 Å². The van der Waals surface area contributed by atoms with E-state index in [-0.39, 0.29) is 5.69 Å². The second-order valence-corrected chi connectivity index (χ2v) is 3.66. The Morgan fingerprint density at radius 1 is 1.29 bits per heavy atom. The summed E-state index contributed by atoms with van der Waals surface area (Å²) in [5, 5.41) is 3.02. The highest BCUT2D eigenvalue weighted by atomic mass is 19.1. The molecule has 0 atom stereocenters. The van der Waals surface area contributed by atoms with Crippen molar-refractivity contribution in [3.05, 3.63) is 48.1 Å². The molecule has 0 radical (unpaired) electrons. The summed E-state index contributed by atoms with van der Waals surface area (Å²) in [6.45, 7) is 3.15. The topological polar surface area (TPSA) is 29.9 Å². The Balaban J connectivity index is 2.36. The molecule has 0 aliphatic carbocycles. The minimum absolute atomic E-state index is 0.0947. The predicted molar refractivity (Wildman–Crippen MR) is 60.9 cm³/mol. The first kappa shape index (κ1) is 11.7. The summed E-state index contributed by atoms with van der Waals surface area (Å²) in [5.74, 6) is -1.17. The lowest BCUT2D eigenvalue weighted by atomic mass is 10.2. The first-order chi connectivity index (χ1) is 8.22. The maximum Gasteiger partial charge on any atom is 0.150 e. The lowest BCUT2D eigenvalue weighted by Crippen LogP contribution is -2.12. The zero-order valence-electron chi connectivity index (χ0n) is 9.45. The fraction of sp³-hybridized carbons (Fsp3) is 0.250. The predicted octanol–water partition coefficient (Wildman–Crippen LogP) is 2.26. The van der Waals surface area contributed by atoms with E-state index in [4.69, 9.17) is 0 Å². The van der Waals surface area contributed by atoms with Crippen LogP contribution in [-0.4, -0.2) is 16.1 Å². The molecule has 0 unspecified atom stereocenters. The lowest BCUT2D eigenvalue weighted by molar-refractivity contribution is 0.563. The molecule has 5 heteroatoms. The minimum atomic E-state index is -0.587. The number of imidazole rings is 1. The Bertz CT molecular complexity index is 471. The normalized spacial score (nSPS) is 10.8. The van der Waals surface area contributed by atoms with Crippen LogP contribution in [0.4, 0.5) is 8.78 Å². The van der Waals surface area contributed by atoms with E-state index in [0.717, 1.165) is 6.54 Å². The van der Waals surface area contributed by atoms with Gasteiger partial charge in [0.25, 0.3) is 0 Å². The molecule has 1 heterocycles. The standard InChI is InChI=1S/C12H13F2N3/c1-2-15-7-9-5-10(13)12(11(14)6-9)17-4-3-16-8-17/h3-6,8,15H,2,7H2,1H3. The van der Waals surface area contributed by atoms with Crippen molar-refractivity contribution in [2.24, 2.45) is 0 Å². The minimum Gasteiger partial charge on any atom is -0.313 e. The van der Waals surface area contributed by atoms with Crippen molar-refractivity contribution in [1.82, 2.24) is 14.9 Å². The number of hydrogen-bond acceptors (Lipinski definition) is 2. The molecule has 2 rings (SSSR count). The largest absolute Gasteiger partial charge is 0.313 e. The van der Waals surface area contributed by atoms with Gasteiger partial charge in [-0.2, -0.15) is 0 Å². The first-order valence-corrected chi connectivity index (χ1v) is 5.39. The average molecular weight is 237 g/mol. The van der Waals surface area contributed by atoms with Gasteiger partial charge in [-0.05, 0) is 24.2 Å². The Labute approximate surface area is 98.1 Å². The quantitative estimate of drug-likeness (QED) is 0.884. The van der Waals surface area contributed by atoms with Crippen LogP contribution in [0.5, 0.6) is 0 Å². The number of nitrogens with one attached hydrogen (secondary N) is 1. The van der Waals surface area contributed by atoms with Gasteiger partial charge in [0, 0.05) is 18.9 Å². The Kier molecular flexibility index (Phi) is 3.49. The maximum absolute atomic E-state index is 13.8. The number of rotatable bonds is 4. The Morgan fingerprint density at radius 3 is 2.53 bits per heavy atom. The van der Waals surface area contributed by atoms with Gasteiger partial charge in [-0.1, -0.05) is 6.92 Å². The summed E-state index contributed by atoms with van der Waals surface area (Å²) in [6, 6.07) is 2.67. The van der Waals surface area contributed by atoms with Crippen LogP contribution >= 0.6 is 0 Å². The summed E-state index contributed by atoms with van der Waals surface area (Å²) >= 11 is 0. The van der Waals surface area contributed by atoms with E-state index in [1.54, 1.807) is 0 Å². The number of aromatic nitrogens is 2. The molecule has 3 nitrogen and oxygen atoms in total. The van der Waals surface area contributed by atoms with E-state index in [2.05, 4.69) is 10.3 Å². The molecule has 0 saturated carbocycles. The van der Waals surface area contributed by atoms with E-state index in [1.807, 2.05) is 6.92 Å². The van der Waals surface area contributed by atoms with E-state index < -0.39 is 11.6 Å². The molecule has 0 aliphatic heterocycles. The summed E-state index contributed by atoms with van der Waals surface area (Å²) in [4.78, 5) is 3.77. The fourth-order valence-electron chi connectivity index (χ4n) is 1.63. The highest BCUT2D eigenvalue weighted by molar-refractivity contribution is 5.38. The molecular formula is C12H13F2N3. The zero-order chi connectivity index (χ0) is 12.3. The average Bonchev–Trinajstić information content (AvgIpc) is 2.79. The van der Waals surface area contributed by atoms with Crippen molar-refractivity contribution in [3.63, 3.8) is 0 Å². The maximum atomic E-state index is 13.8. The van der Waals surface area contributed by atoms with Crippen LogP contribution < -0.4 is 5.32 Å². The smallest absolute Gasteiger partial charge is 0.150 e. The highest BCUT2D eigenvalue weighted by Crippen LogP contribution is 2.19. The van der Waals surface area contributed by atoms with Gasteiger partial charge in [-0.25, -0.2) is 13.8 Å². The Hall–Kier alpha value is -1.75. The molecule has 0 bridgehead atoms. The molecule has 1 aromatic carbocycles. The van der Waals surface area contributed by atoms with Crippen LogP contribution in [0, 0.1) is 11.6 Å². The van der Waals surface area contributed by atoms with Gasteiger partial charge in [0.05, 0.1) is 6.33 Å². The van der Waals surface area contributed by atoms with E-state index in [1.165, 1.54) is 35.4 Å². The number of nitrogens with zero attached hydrogens (tertiary/aromatic N) is 2. The molecule has 0 fully saturated rings. The van der Waals surface area contributed by atoms with E-state index >= 15 is 0 Å². The monoisotopic (exact) mass is 237 g/mol. The molecular weight excluding hydrogens is 224 g/mol. The summed E-state index contributed by atoms with van der Waals surface area (Å²) in [7, 11) is 0. The van der Waals surface area contributed by atoms with Crippen LogP contribution in [0.3, 0.4) is 0 Å². The summed E-state index contributed by atoms with van der Waals surface area (Å²) in [6.07, 6.45) is 4.35. The molecule has 0 aliphatic rings.